The average molecular weight is 296 g/mol. The zero-order chi connectivity index (χ0) is 15.5. The fourth-order valence-electron chi connectivity index (χ4n) is 2.07. The lowest BCUT2D eigenvalue weighted by atomic mass is 10.1. The van der Waals surface area contributed by atoms with Gasteiger partial charge in [-0.05, 0) is 19.4 Å². The van der Waals surface area contributed by atoms with Crippen LogP contribution in [0.2, 0.25) is 0 Å². The monoisotopic (exact) mass is 296 g/mol. The minimum Gasteiger partial charge on any atom is -0.360 e. The molecule has 0 saturated carbocycles. The van der Waals surface area contributed by atoms with Gasteiger partial charge in [0.25, 0.3) is 5.91 Å². The fourth-order valence-corrected chi connectivity index (χ4v) is 2.07. The molecular weight excluding hydrogens is 280 g/mol. The number of benzene rings is 1. The minimum absolute atomic E-state index is 0.202. The van der Waals surface area contributed by atoms with Crippen molar-refractivity contribution in [1.82, 2.24) is 15.6 Å². The molecule has 6 nitrogen and oxygen atoms in total. The molecule has 0 spiro atoms. The van der Waals surface area contributed by atoms with Crippen LogP contribution in [-0.2, 0) is 0 Å². The lowest BCUT2D eigenvalue weighted by Gasteiger charge is -1.96. The molecule has 22 heavy (non-hydrogen) atoms. The molecule has 112 valence electrons. The van der Waals surface area contributed by atoms with Gasteiger partial charge in [0, 0.05) is 34.4 Å². The smallest absolute Gasteiger partial charge is 0.293 e. The van der Waals surface area contributed by atoms with Crippen molar-refractivity contribution in [3.05, 3.63) is 42.2 Å². The third-order valence-corrected chi connectivity index (χ3v) is 3.46. The highest BCUT2D eigenvalue weighted by Gasteiger charge is 2.15. The van der Waals surface area contributed by atoms with Gasteiger partial charge in [-0.3, -0.25) is 4.79 Å². The Hall–Kier alpha value is -2.89. The van der Waals surface area contributed by atoms with Crippen molar-refractivity contribution in [2.45, 2.75) is 20.3 Å². The molecule has 0 radical (unpaired) electrons. The van der Waals surface area contributed by atoms with Gasteiger partial charge in [0.2, 0.25) is 0 Å². The highest BCUT2D eigenvalue weighted by atomic mass is 16.5. The van der Waals surface area contributed by atoms with Gasteiger partial charge in [0.1, 0.15) is 0 Å². The number of aromatic nitrogens is 2. The number of carbonyl (C=O) groups excluding carboxylic acids is 1. The highest BCUT2D eigenvalue weighted by Crippen LogP contribution is 2.28. The summed E-state index contributed by atoms with van der Waals surface area (Å²) < 4.78 is 5.29. The molecule has 0 bridgehead atoms. The van der Waals surface area contributed by atoms with Crippen molar-refractivity contribution >= 4 is 22.5 Å². The maximum atomic E-state index is 12.0. The Labute approximate surface area is 127 Å². The summed E-state index contributed by atoms with van der Waals surface area (Å²) in [6.07, 6.45) is 2.62. The predicted molar refractivity (Wildman–Crippen MR) is 84.7 cm³/mol. The van der Waals surface area contributed by atoms with Gasteiger partial charge in [-0.1, -0.05) is 30.3 Å². The molecule has 0 atom stereocenters. The van der Waals surface area contributed by atoms with E-state index in [1.807, 2.05) is 44.3 Å². The lowest BCUT2D eigenvalue weighted by molar-refractivity contribution is 0.0946. The maximum absolute atomic E-state index is 12.0. The molecule has 2 aromatic heterocycles. The van der Waals surface area contributed by atoms with Crippen molar-refractivity contribution in [3.8, 4) is 11.3 Å². The van der Waals surface area contributed by atoms with Crippen molar-refractivity contribution in [2.75, 3.05) is 0 Å². The van der Waals surface area contributed by atoms with E-state index in [1.165, 1.54) is 0 Å². The lowest BCUT2D eigenvalue weighted by Crippen LogP contribution is -2.19. The normalized spacial score (nSPS) is 11.8. The van der Waals surface area contributed by atoms with Gasteiger partial charge in [-0.25, -0.2) is 5.43 Å². The predicted octanol–water partition coefficient (Wildman–Crippen LogP) is 3.34. The first-order valence-electron chi connectivity index (χ1n) is 7.05. The topological polar surface area (TPSA) is 83.3 Å². The SMILES string of the molecule is CCC(C)=NNC(=O)c1cc(-c2c[nH]c3ccccc23)on1. The standard InChI is InChI=1S/C16H16N4O2/c1-3-10(2)18-19-16(21)14-8-15(22-20-14)12-9-17-13-7-5-4-6-11(12)13/h4-9,17H,3H2,1-2H3,(H,19,21). The summed E-state index contributed by atoms with van der Waals surface area (Å²) >= 11 is 0. The summed E-state index contributed by atoms with van der Waals surface area (Å²) in [5, 5.41) is 8.80. The zero-order valence-electron chi connectivity index (χ0n) is 12.4. The van der Waals surface area contributed by atoms with Crippen LogP contribution in [0.1, 0.15) is 30.8 Å². The number of fused-ring (bicyclic) bond motifs is 1. The number of carbonyl (C=O) groups is 1. The quantitative estimate of drug-likeness (QED) is 0.572. The summed E-state index contributed by atoms with van der Waals surface area (Å²) in [7, 11) is 0. The molecule has 0 aliphatic rings. The third-order valence-electron chi connectivity index (χ3n) is 3.46. The number of para-hydroxylation sites is 1. The first kappa shape index (κ1) is 14.1. The molecule has 3 aromatic rings. The summed E-state index contributed by atoms with van der Waals surface area (Å²) in [4.78, 5) is 15.1. The Kier molecular flexibility index (Phi) is 3.74. The Morgan fingerprint density at radius 1 is 1.41 bits per heavy atom. The van der Waals surface area contributed by atoms with E-state index in [0.29, 0.717) is 5.76 Å². The van der Waals surface area contributed by atoms with Crippen LogP contribution in [0.4, 0.5) is 0 Å². The van der Waals surface area contributed by atoms with E-state index >= 15 is 0 Å². The number of rotatable bonds is 4. The number of H-pyrrole nitrogens is 1. The van der Waals surface area contributed by atoms with Crippen LogP contribution in [0, 0.1) is 0 Å². The molecule has 6 heteroatoms. The minimum atomic E-state index is -0.386. The maximum Gasteiger partial charge on any atom is 0.293 e. The van der Waals surface area contributed by atoms with Gasteiger partial charge in [0.15, 0.2) is 11.5 Å². The van der Waals surface area contributed by atoms with Gasteiger partial charge >= 0.3 is 0 Å². The van der Waals surface area contributed by atoms with Crippen LogP contribution < -0.4 is 5.43 Å². The third kappa shape index (κ3) is 2.63. The van der Waals surface area contributed by atoms with Crippen molar-refractivity contribution in [3.63, 3.8) is 0 Å². The first-order chi connectivity index (χ1) is 10.7. The number of hydrogen-bond donors (Lipinski definition) is 2. The van der Waals surface area contributed by atoms with Crippen molar-refractivity contribution < 1.29 is 9.32 Å². The van der Waals surface area contributed by atoms with Crippen LogP contribution in [0.25, 0.3) is 22.2 Å². The molecule has 1 aromatic carbocycles. The van der Waals surface area contributed by atoms with Crippen LogP contribution in [-0.4, -0.2) is 21.8 Å². The number of nitrogens with zero attached hydrogens (tertiary/aromatic N) is 2. The number of aromatic amines is 1. The van der Waals surface area contributed by atoms with Crippen LogP contribution in [0.15, 0.2) is 46.2 Å². The summed E-state index contributed by atoms with van der Waals surface area (Å²) in [6.45, 7) is 3.82. The second-order valence-electron chi connectivity index (χ2n) is 4.97. The van der Waals surface area contributed by atoms with Gasteiger partial charge in [0.05, 0.1) is 0 Å². The van der Waals surface area contributed by atoms with Crippen molar-refractivity contribution in [2.24, 2.45) is 5.10 Å². The van der Waals surface area contributed by atoms with Crippen LogP contribution in [0.5, 0.6) is 0 Å². The Balaban J connectivity index is 1.86. The van der Waals surface area contributed by atoms with E-state index in [0.717, 1.165) is 28.6 Å². The van der Waals surface area contributed by atoms with Crippen LogP contribution in [0.3, 0.4) is 0 Å². The molecule has 0 saturated heterocycles. The van der Waals surface area contributed by atoms with E-state index in [1.54, 1.807) is 6.07 Å². The van der Waals surface area contributed by atoms with E-state index in [9.17, 15) is 4.79 Å². The number of hydrogen-bond acceptors (Lipinski definition) is 4. The van der Waals surface area contributed by atoms with E-state index in [2.05, 4.69) is 20.7 Å². The van der Waals surface area contributed by atoms with Gasteiger partial charge in [-0.2, -0.15) is 5.10 Å². The number of amides is 1. The Bertz CT molecular complexity index is 845. The largest absolute Gasteiger partial charge is 0.360 e. The van der Waals surface area contributed by atoms with E-state index in [-0.39, 0.29) is 11.6 Å². The molecular formula is C16H16N4O2. The Morgan fingerprint density at radius 2 is 2.23 bits per heavy atom. The molecule has 3 rings (SSSR count). The van der Waals surface area contributed by atoms with Crippen molar-refractivity contribution in [1.29, 1.82) is 0 Å². The summed E-state index contributed by atoms with van der Waals surface area (Å²) in [5.41, 5.74) is 5.38. The molecule has 1 amide bonds. The van der Waals surface area contributed by atoms with E-state index < -0.39 is 0 Å². The summed E-state index contributed by atoms with van der Waals surface area (Å²) in [6, 6.07) is 9.48. The second-order valence-corrected chi connectivity index (χ2v) is 4.97. The average Bonchev–Trinajstić information content (AvgIpc) is 3.18. The molecule has 0 aliphatic heterocycles. The first-order valence-corrected chi connectivity index (χ1v) is 7.05. The molecule has 2 heterocycles. The van der Waals surface area contributed by atoms with E-state index in [4.69, 9.17) is 4.52 Å². The second kappa shape index (κ2) is 5.85. The molecule has 0 fully saturated rings. The number of nitrogens with one attached hydrogen (secondary N) is 2. The molecule has 0 unspecified atom stereocenters. The number of hydrazone groups is 1. The fraction of sp³-hybridized carbons (Fsp3) is 0.188. The van der Waals surface area contributed by atoms with Crippen LogP contribution >= 0.6 is 0 Å². The molecule has 2 N–H and O–H groups in total. The van der Waals surface area contributed by atoms with Gasteiger partial charge in [-0.15, -0.1) is 0 Å². The van der Waals surface area contributed by atoms with Gasteiger partial charge < -0.3 is 9.51 Å². The summed E-state index contributed by atoms with van der Waals surface area (Å²) in [5.74, 6) is 0.154. The zero-order valence-corrected chi connectivity index (χ0v) is 12.4. The Morgan fingerprint density at radius 3 is 3.05 bits per heavy atom. The molecule has 0 aliphatic carbocycles. The highest BCUT2D eigenvalue weighted by molar-refractivity contribution is 5.97.